The number of halogens is 1. The van der Waals surface area contributed by atoms with Crippen molar-refractivity contribution in [2.45, 2.75) is 45.1 Å². The Morgan fingerprint density at radius 1 is 1.35 bits per heavy atom. The molecule has 2 rings (SSSR count). The summed E-state index contributed by atoms with van der Waals surface area (Å²) in [4.78, 5) is 0. The summed E-state index contributed by atoms with van der Waals surface area (Å²) in [6.45, 7) is 2.26. The van der Waals surface area contributed by atoms with Crippen LogP contribution in [0.15, 0.2) is 24.3 Å². The topological polar surface area (TPSA) is 12.0 Å². The molecule has 1 aliphatic rings. The van der Waals surface area contributed by atoms with E-state index >= 15 is 0 Å². The lowest BCUT2D eigenvalue weighted by atomic mass is 9.73. The van der Waals surface area contributed by atoms with Crippen molar-refractivity contribution in [1.82, 2.24) is 5.32 Å². The number of hydrogen-bond acceptors (Lipinski definition) is 1. The van der Waals surface area contributed by atoms with Crippen LogP contribution in [-0.2, 0) is 0 Å². The molecule has 94 valence electrons. The van der Waals surface area contributed by atoms with Gasteiger partial charge in [0.15, 0.2) is 0 Å². The van der Waals surface area contributed by atoms with E-state index in [1.165, 1.54) is 31.7 Å². The highest BCUT2D eigenvalue weighted by molar-refractivity contribution is 5.23. The molecule has 1 nitrogen and oxygen atoms in total. The Kier molecular flexibility index (Phi) is 3.82. The number of nitrogens with one attached hydrogen (secondary N) is 1. The standard InChI is InChI=1S/C15H22FN/c1-3-15(9-4-5-10-15)14(17-2)12-7-6-8-13(16)11-12/h6-8,11,14,17H,3-5,9-10H2,1-2H3. The summed E-state index contributed by atoms with van der Waals surface area (Å²) in [7, 11) is 1.99. The maximum Gasteiger partial charge on any atom is 0.123 e. The fourth-order valence-electron chi connectivity index (χ4n) is 3.44. The van der Waals surface area contributed by atoms with Crippen molar-refractivity contribution in [3.05, 3.63) is 35.6 Å². The first kappa shape index (κ1) is 12.6. The van der Waals surface area contributed by atoms with Crippen LogP contribution in [0.1, 0.15) is 50.6 Å². The predicted molar refractivity (Wildman–Crippen MR) is 69.4 cm³/mol. The largest absolute Gasteiger partial charge is 0.313 e. The van der Waals surface area contributed by atoms with Gasteiger partial charge in [-0.05, 0) is 49.4 Å². The van der Waals surface area contributed by atoms with Crippen molar-refractivity contribution in [3.8, 4) is 0 Å². The molecular formula is C15H22FN. The average molecular weight is 235 g/mol. The van der Waals surface area contributed by atoms with Gasteiger partial charge in [0.1, 0.15) is 5.82 Å². The van der Waals surface area contributed by atoms with Gasteiger partial charge in [0, 0.05) is 6.04 Å². The molecule has 0 bridgehead atoms. The molecule has 0 aromatic heterocycles. The van der Waals surface area contributed by atoms with Gasteiger partial charge in [0.2, 0.25) is 0 Å². The van der Waals surface area contributed by atoms with Gasteiger partial charge in [0.05, 0.1) is 0 Å². The third-order valence-corrected chi connectivity index (χ3v) is 4.39. The van der Waals surface area contributed by atoms with Gasteiger partial charge in [-0.3, -0.25) is 0 Å². The minimum Gasteiger partial charge on any atom is -0.313 e. The Balaban J connectivity index is 2.32. The Labute approximate surface area is 103 Å². The second kappa shape index (κ2) is 5.18. The van der Waals surface area contributed by atoms with E-state index in [9.17, 15) is 4.39 Å². The molecule has 1 aromatic carbocycles. The lowest BCUT2D eigenvalue weighted by Crippen LogP contribution is -2.34. The normalized spacial score (nSPS) is 20.4. The summed E-state index contributed by atoms with van der Waals surface area (Å²) in [5.41, 5.74) is 1.42. The van der Waals surface area contributed by atoms with Crippen molar-refractivity contribution < 1.29 is 4.39 Å². The van der Waals surface area contributed by atoms with Crippen LogP contribution < -0.4 is 5.32 Å². The number of rotatable bonds is 4. The van der Waals surface area contributed by atoms with Gasteiger partial charge in [-0.1, -0.05) is 31.9 Å². The summed E-state index contributed by atoms with van der Waals surface area (Å²) in [5, 5.41) is 3.41. The van der Waals surface area contributed by atoms with Gasteiger partial charge in [0.25, 0.3) is 0 Å². The molecule has 17 heavy (non-hydrogen) atoms. The Hall–Kier alpha value is -0.890. The smallest absolute Gasteiger partial charge is 0.123 e. The lowest BCUT2D eigenvalue weighted by molar-refractivity contribution is 0.195. The maximum atomic E-state index is 13.4. The zero-order valence-electron chi connectivity index (χ0n) is 10.8. The van der Waals surface area contributed by atoms with Crippen LogP contribution in [-0.4, -0.2) is 7.05 Å². The highest BCUT2D eigenvalue weighted by Gasteiger charge is 2.39. The highest BCUT2D eigenvalue weighted by atomic mass is 19.1. The van der Waals surface area contributed by atoms with E-state index in [-0.39, 0.29) is 11.9 Å². The quantitative estimate of drug-likeness (QED) is 0.830. The molecule has 0 aliphatic heterocycles. The summed E-state index contributed by atoms with van der Waals surface area (Å²) >= 11 is 0. The Bertz CT molecular complexity index is 369. The van der Waals surface area contributed by atoms with Gasteiger partial charge < -0.3 is 5.32 Å². The van der Waals surface area contributed by atoms with Gasteiger partial charge in [-0.15, -0.1) is 0 Å². The second-order valence-corrected chi connectivity index (χ2v) is 5.20. The molecule has 0 saturated heterocycles. The summed E-state index contributed by atoms with van der Waals surface area (Å²) < 4.78 is 13.4. The molecule has 2 heteroatoms. The molecule has 1 aromatic rings. The van der Waals surface area contributed by atoms with Crippen LogP contribution in [0.4, 0.5) is 4.39 Å². The van der Waals surface area contributed by atoms with Crippen LogP contribution in [0.2, 0.25) is 0 Å². The van der Waals surface area contributed by atoms with Gasteiger partial charge in [-0.2, -0.15) is 0 Å². The number of benzene rings is 1. The maximum absolute atomic E-state index is 13.4. The van der Waals surface area contributed by atoms with E-state index in [2.05, 4.69) is 12.2 Å². The first-order valence-electron chi connectivity index (χ1n) is 6.64. The third-order valence-electron chi connectivity index (χ3n) is 4.39. The van der Waals surface area contributed by atoms with Gasteiger partial charge >= 0.3 is 0 Å². The first-order chi connectivity index (χ1) is 8.22. The zero-order chi connectivity index (χ0) is 12.3. The van der Waals surface area contributed by atoms with E-state index in [4.69, 9.17) is 0 Å². The average Bonchev–Trinajstić information content (AvgIpc) is 2.80. The molecule has 1 atom stereocenters. The van der Waals surface area contributed by atoms with Crippen molar-refractivity contribution in [2.24, 2.45) is 5.41 Å². The molecular weight excluding hydrogens is 213 g/mol. The number of hydrogen-bond donors (Lipinski definition) is 1. The molecule has 1 N–H and O–H groups in total. The molecule has 0 amide bonds. The lowest BCUT2D eigenvalue weighted by Gasteiger charge is -2.37. The second-order valence-electron chi connectivity index (χ2n) is 5.20. The highest BCUT2D eigenvalue weighted by Crippen LogP contribution is 2.49. The van der Waals surface area contributed by atoms with E-state index in [1.807, 2.05) is 19.2 Å². The van der Waals surface area contributed by atoms with Crippen molar-refractivity contribution >= 4 is 0 Å². The molecule has 1 fully saturated rings. The van der Waals surface area contributed by atoms with Gasteiger partial charge in [-0.25, -0.2) is 4.39 Å². The van der Waals surface area contributed by atoms with Crippen LogP contribution in [0, 0.1) is 11.2 Å². The molecule has 1 unspecified atom stereocenters. The van der Waals surface area contributed by atoms with E-state index in [0.717, 1.165) is 12.0 Å². The van der Waals surface area contributed by atoms with Crippen molar-refractivity contribution in [3.63, 3.8) is 0 Å². The fourth-order valence-corrected chi connectivity index (χ4v) is 3.44. The van der Waals surface area contributed by atoms with Crippen molar-refractivity contribution in [1.29, 1.82) is 0 Å². The predicted octanol–water partition coefficient (Wildman–Crippen LogP) is 4.06. The van der Waals surface area contributed by atoms with E-state index in [0.29, 0.717) is 5.41 Å². The van der Waals surface area contributed by atoms with Crippen LogP contribution in [0.3, 0.4) is 0 Å². The minimum atomic E-state index is -0.132. The SMILES string of the molecule is CCC1(C(NC)c2cccc(F)c2)CCCC1. The molecule has 0 heterocycles. The zero-order valence-corrected chi connectivity index (χ0v) is 10.8. The van der Waals surface area contributed by atoms with Crippen LogP contribution >= 0.6 is 0 Å². The van der Waals surface area contributed by atoms with E-state index in [1.54, 1.807) is 6.07 Å². The molecule has 1 aliphatic carbocycles. The summed E-state index contributed by atoms with van der Waals surface area (Å²) in [6.07, 6.45) is 6.29. The summed E-state index contributed by atoms with van der Waals surface area (Å²) in [5.74, 6) is -0.132. The van der Waals surface area contributed by atoms with Crippen LogP contribution in [0.5, 0.6) is 0 Å². The van der Waals surface area contributed by atoms with Crippen molar-refractivity contribution in [2.75, 3.05) is 7.05 Å². The fraction of sp³-hybridized carbons (Fsp3) is 0.600. The first-order valence-corrected chi connectivity index (χ1v) is 6.64. The third kappa shape index (κ3) is 2.37. The summed E-state index contributed by atoms with van der Waals surface area (Å²) in [6, 6.07) is 7.33. The van der Waals surface area contributed by atoms with E-state index < -0.39 is 0 Å². The molecule has 1 saturated carbocycles. The van der Waals surface area contributed by atoms with Crippen LogP contribution in [0.25, 0.3) is 0 Å². The molecule has 0 radical (unpaired) electrons. The minimum absolute atomic E-state index is 0.132. The Morgan fingerprint density at radius 2 is 2.06 bits per heavy atom. The Morgan fingerprint density at radius 3 is 2.59 bits per heavy atom. The molecule has 0 spiro atoms. The monoisotopic (exact) mass is 235 g/mol.